The van der Waals surface area contributed by atoms with Crippen molar-refractivity contribution in [2.45, 2.75) is 32.2 Å². The largest absolute Gasteiger partial charge is 0.435 e. The Labute approximate surface area is 230 Å². The fraction of sp³-hybridized carbons (Fsp3) is 1.00. The first-order valence-electron chi connectivity index (χ1n) is 7.29. The van der Waals surface area contributed by atoms with E-state index in [0.29, 0.717) is 6.54 Å². The van der Waals surface area contributed by atoms with Gasteiger partial charge in [0.1, 0.15) is 0 Å². The number of halogens is 6. The van der Waals surface area contributed by atoms with Crippen molar-refractivity contribution in [3.8, 4) is 0 Å². The van der Waals surface area contributed by atoms with E-state index < -0.39 is 63.0 Å². The van der Waals surface area contributed by atoms with Crippen LogP contribution < -0.4 is 11.5 Å². The van der Waals surface area contributed by atoms with Crippen molar-refractivity contribution in [3.05, 3.63) is 0 Å². The predicted octanol–water partition coefficient (Wildman–Crippen LogP) is -0.988. The monoisotopic (exact) mass is 779 g/mol. The fourth-order valence-corrected chi connectivity index (χ4v) is 0.584. The zero-order chi connectivity index (χ0) is 33.4. The molecule has 0 fully saturated rings. The SMILES string of the molecule is CCCCC(N)CN.O=S(=O)(O)F.O=S(=O)(O)F.O=S(=O)(O)F.O=S(=O)(O)F.O=S(=O)(O)F.O=S(=O)(O)F.[Cu]. The van der Waals surface area contributed by atoms with E-state index in [1.54, 1.807) is 0 Å². The van der Waals surface area contributed by atoms with E-state index in [0.717, 1.165) is 6.42 Å². The first kappa shape index (κ1) is 58.2. The molecule has 0 aromatic carbocycles. The molecule has 33 heteroatoms. The summed E-state index contributed by atoms with van der Waals surface area (Å²) in [5, 5.41) is 0. The molecule has 0 aromatic heterocycles. The van der Waals surface area contributed by atoms with Crippen molar-refractivity contribution < 1.29 is 118 Å². The Hall–Kier alpha value is -0.521. The summed E-state index contributed by atoms with van der Waals surface area (Å²) < 4.78 is 204. The van der Waals surface area contributed by atoms with Crippen molar-refractivity contribution in [1.82, 2.24) is 0 Å². The Morgan fingerprint density at radius 1 is 0.538 bits per heavy atom. The molecule has 20 nitrogen and oxygen atoms in total. The molecule has 1 atom stereocenters. The van der Waals surface area contributed by atoms with Gasteiger partial charge in [0.15, 0.2) is 0 Å². The Morgan fingerprint density at radius 3 is 0.744 bits per heavy atom. The van der Waals surface area contributed by atoms with Crippen molar-refractivity contribution in [2.24, 2.45) is 11.5 Å². The summed E-state index contributed by atoms with van der Waals surface area (Å²) in [6.45, 7) is 2.78. The van der Waals surface area contributed by atoms with Gasteiger partial charge in [-0.15, -0.1) is 0 Å². The summed E-state index contributed by atoms with van der Waals surface area (Å²) in [5.41, 5.74) is 10.8. The van der Waals surface area contributed by atoms with Crippen LogP contribution in [0.4, 0.5) is 23.3 Å². The van der Waals surface area contributed by atoms with Crippen LogP contribution in [-0.2, 0) is 80.1 Å². The molecule has 1 radical (unpaired) electrons. The number of unbranched alkanes of at least 4 members (excludes halogenated alkanes) is 1. The van der Waals surface area contributed by atoms with E-state index in [1.807, 2.05) is 0 Å². The molecular formula is C6H22CuF6N2O18S6. The fourth-order valence-electron chi connectivity index (χ4n) is 0.584. The van der Waals surface area contributed by atoms with E-state index in [-0.39, 0.29) is 23.1 Å². The second-order valence-electron chi connectivity index (χ2n) is 4.61. The number of nitrogens with two attached hydrogens (primary N) is 2. The maximum Gasteiger partial charge on any atom is 0.435 e. The Balaban J connectivity index is -0.0000000481. The van der Waals surface area contributed by atoms with Gasteiger partial charge in [0, 0.05) is 29.7 Å². The number of hydrogen-bond acceptors (Lipinski definition) is 14. The zero-order valence-electron chi connectivity index (χ0n) is 18.2. The summed E-state index contributed by atoms with van der Waals surface area (Å²) in [5.74, 6) is 0. The minimum absolute atomic E-state index is 0. The third-order valence-electron chi connectivity index (χ3n) is 1.23. The van der Waals surface area contributed by atoms with Crippen molar-refractivity contribution >= 4 is 63.0 Å². The second kappa shape index (κ2) is 27.6. The Morgan fingerprint density at radius 2 is 0.667 bits per heavy atom. The molecule has 0 saturated carbocycles. The molecule has 10 N–H and O–H groups in total. The van der Waals surface area contributed by atoms with E-state index in [2.05, 4.69) is 6.92 Å². The molecule has 0 saturated heterocycles. The molecule has 0 aliphatic rings. The van der Waals surface area contributed by atoms with E-state index in [9.17, 15) is 23.3 Å². The van der Waals surface area contributed by atoms with Gasteiger partial charge in [0.25, 0.3) is 0 Å². The average Bonchev–Trinajstić information content (AvgIpc) is 2.42. The predicted molar refractivity (Wildman–Crippen MR) is 112 cm³/mol. The van der Waals surface area contributed by atoms with Crippen LogP contribution in [0.2, 0.25) is 0 Å². The first-order valence-corrected chi connectivity index (χ1v) is 15.3. The van der Waals surface area contributed by atoms with Gasteiger partial charge in [-0.05, 0) is 6.42 Å². The van der Waals surface area contributed by atoms with Gasteiger partial charge in [-0.1, -0.05) is 43.1 Å². The summed E-state index contributed by atoms with van der Waals surface area (Å²) in [6, 6.07) is 0.231. The van der Waals surface area contributed by atoms with E-state index in [1.165, 1.54) is 12.8 Å². The van der Waals surface area contributed by atoms with Gasteiger partial charge < -0.3 is 11.5 Å². The van der Waals surface area contributed by atoms with Crippen LogP contribution in [0.25, 0.3) is 0 Å². The maximum atomic E-state index is 10.2. The molecule has 0 aromatic rings. The standard InChI is InChI=1S/C6H16N2.Cu.6FHO3S/c1-2-3-4-6(8)5-7;;6*1-5(2,3)4/h6H,2-5,7-8H2,1H3;;6*(H,2,3,4). The van der Waals surface area contributed by atoms with Crippen LogP contribution in [-0.4, -0.2) is 90.4 Å². The van der Waals surface area contributed by atoms with Crippen LogP contribution in [0.3, 0.4) is 0 Å². The molecule has 0 spiro atoms. The summed E-state index contributed by atoms with van der Waals surface area (Å²) >= 11 is 0. The quantitative estimate of drug-likeness (QED) is 0.0735. The van der Waals surface area contributed by atoms with Gasteiger partial charge in [0.2, 0.25) is 0 Å². The summed E-state index contributed by atoms with van der Waals surface area (Å²) in [6.07, 6.45) is 3.50. The van der Waals surface area contributed by atoms with Gasteiger partial charge in [-0.25, -0.2) is 0 Å². The van der Waals surface area contributed by atoms with E-state index in [4.69, 9.17) is 89.3 Å². The summed E-state index contributed by atoms with van der Waals surface area (Å²) in [7, 11) is -31.0. The van der Waals surface area contributed by atoms with Gasteiger partial charge in [-0.3, -0.25) is 27.3 Å². The third-order valence-corrected chi connectivity index (χ3v) is 1.23. The zero-order valence-corrected chi connectivity index (χ0v) is 24.0. The van der Waals surface area contributed by atoms with Crippen LogP contribution in [0.5, 0.6) is 0 Å². The van der Waals surface area contributed by atoms with Crippen LogP contribution in [0.15, 0.2) is 0 Å². The topological polar surface area (TPSA) is 378 Å². The van der Waals surface area contributed by atoms with Gasteiger partial charge in [0.05, 0.1) is 0 Å². The smallest absolute Gasteiger partial charge is 0.329 e. The molecule has 0 aliphatic carbocycles. The normalized spacial score (nSPS) is 11.8. The van der Waals surface area contributed by atoms with E-state index >= 15 is 0 Å². The second-order valence-corrected chi connectivity index (χ2v) is 9.56. The molecular weight excluding hydrogens is 758 g/mol. The molecule has 39 heavy (non-hydrogen) atoms. The minimum Gasteiger partial charge on any atom is -0.329 e. The van der Waals surface area contributed by atoms with Crippen molar-refractivity contribution in [3.63, 3.8) is 0 Å². The van der Waals surface area contributed by atoms with Gasteiger partial charge >= 0.3 is 63.0 Å². The number of rotatable bonds is 4. The minimum atomic E-state index is -5.17. The molecule has 0 bridgehead atoms. The Bertz CT molecular complexity index is 926. The molecule has 0 amide bonds. The van der Waals surface area contributed by atoms with Crippen molar-refractivity contribution in [2.75, 3.05) is 6.54 Å². The van der Waals surface area contributed by atoms with Crippen LogP contribution in [0, 0.1) is 0 Å². The molecule has 0 heterocycles. The number of hydrogen-bond donors (Lipinski definition) is 8. The molecule has 253 valence electrons. The van der Waals surface area contributed by atoms with Crippen LogP contribution >= 0.6 is 0 Å². The summed E-state index contributed by atoms with van der Waals surface area (Å²) in [4.78, 5) is 0. The third kappa shape index (κ3) is 1570. The van der Waals surface area contributed by atoms with Crippen LogP contribution in [0.1, 0.15) is 26.2 Å². The average molecular weight is 780 g/mol. The van der Waals surface area contributed by atoms with Gasteiger partial charge in [-0.2, -0.15) is 50.5 Å². The Kier molecular flexibility index (Phi) is 41.2. The van der Waals surface area contributed by atoms with Crippen molar-refractivity contribution in [1.29, 1.82) is 0 Å². The molecule has 0 aliphatic heterocycles. The maximum absolute atomic E-state index is 10.2. The molecule has 0 rings (SSSR count). The molecule has 1 unspecified atom stereocenters. The first-order chi connectivity index (χ1) is 15.8.